The molecule has 1 aromatic heterocycles. The molecule has 2 rings (SSSR count). The third kappa shape index (κ3) is 4.53. The lowest BCUT2D eigenvalue weighted by Gasteiger charge is -2.33. The summed E-state index contributed by atoms with van der Waals surface area (Å²) in [4.78, 5) is 12.1. The largest absolute Gasteiger partial charge is 0.383 e. The number of sulfonamides is 1. The van der Waals surface area contributed by atoms with Crippen molar-refractivity contribution in [3.05, 3.63) is 17.5 Å². The molecular weight excluding hydrogens is 336 g/mol. The second kappa shape index (κ2) is 8.23. The maximum Gasteiger partial charge on any atom is 0.252 e. The van der Waals surface area contributed by atoms with Crippen molar-refractivity contribution in [3.63, 3.8) is 0 Å². The van der Waals surface area contributed by atoms with Crippen molar-refractivity contribution in [1.29, 1.82) is 0 Å². The Morgan fingerprint density at radius 3 is 2.74 bits per heavy atom. The first-order valence-corrected chi connectivity index (χ1v) is 10.1. The number of hydrogen-bond acceptors (Lipinski definition) is 5. The molecule has 8 heteroatoms. The molecule has 1 atom stereocenters. The molecule has 1 fully saturated rings. The Hall–Kier alpha value is -0.960. The number of nitrogens with zero attached hydrogens (tertiary/aromatic N) is 1. The normalized spacial score (nSPS) is 18.7. The van der Waals surface area contributed by atoms with Crippen molar-refractivity contribution < 1.29 is 17.9 Å². The lowest BCUT2D eigenvalue weighted by atomic mass is 9.85. The molecule has 2 heterocycles. The molecule has 1 amide bonds. The van der Waals surface area contributed by atoms with Crippen molar-refractivity contribution in [1.82, 2.24) is 9.62 Å². The number of carbonyl (C=O) groups is 1. The monoisotopic (exact) mass is 360 g/mol. The molecule has 0 saturated carbocycles. The van der Waals surface area contributed by atoms with Gasteiger partial charge in [0.25, 0.3) is 10.0 Å². The summed E-state index contributed by atoms with van der Waals surface area (Å²) in [6.45, 7) is 3.86. The van der Waals surface area contributed by atoms with E-state index in [1.54, 1.807) is 24.6 Å². The molecule has 0 unspecified atom stereocenters. The van der Waals surface area contributed by atoms with E-state index in [9.17, 15) is 13.2 Å². The van der Waals surface area contributed by atoms with Crippen LogP contribution < -0.4 is 5.32 Å². The number of ether oxygens (including phenoxy) is 1. The van der Waals surface area contributed by atoms with Crippen LogP contribution in [-0.4, -0.2) is 52.0 Å². The van der Waals surface area contributed by atoms with Crippen LogP contribution in [0.25, 0.3) is 0 Å². The van der Waals surface area contributed by atoms with E-state index in [0.717, 1.165) is 0 Å². The molecule has 1 N–H and O–H groups in total. The molecule has 1 aromatic rings. The van der Waals surface area contributed by atoms with Gasteiger partial charge in [-0.1, -0.05) is 13.0 Å². The number of hydrogen-bond donors (Lipinski definition) is 1. The topological polar surface area (TPSA) is 75.7 Å². The summed E-state index contributed by atoms with van der Waals surface area (Å²) in [5.41, 5.74) is 0. The van der Waals surface area contributed by atoms with Crippen LogP contribution in [0.2, 0.25) is 0 Å². The van der Waals surface area contributed by atoms with E-state index >= 15 is 0 Å². The Bertz CT molecular complexity index is 593. The van der Waals surface area contributed by atoms with Gasteiger partial charge >= 0.3 is 0 Å². The molecule has 1 aliphatic rings. The zero-order chi connectivity index (χ0) is 16.9. The van der Waals surface area contributed by atoms with Crippen LogP contribution in [0.4, 0.5) is 0 Å². The second-order valence-corrected chi connectivity index (χ2v) is 8.86. The molecule has 6 nitrogen and oxygen atoms in total. The number of nitrogens with one attached hydrogen (secondary N) is 1. The van der Waals surface area contributed by atoms with Crippen LogP contribution in [-0.2, 0) is 19.6 Å². The number of rotatable bonds is 7. The van der Waals surface area contributed by atoms with Gasteiger partial charge in [0.1, 0.15) is 4.21 Å². The van der Waals surface area contributed by atoms with Gasteiger partial charge in [0, 0.05) is 32.7 Å². The molecule has 0 radical (unpaired) electrons. The minimum absolute atomic E-state index is 0.0154. The molecule has 0 aliphatic carbocycles. The summed E-state index contributed by atoms with van der Waals surface area (Å²) in [7, 11) is -1.77. The molecule has 0 aromatic carbocycles. The van der Waals surface area contributed by atoms with Crippen molar-refractivity contribution >= 4 is 27.3 Å². The van der Waals surface area contributed by atoms with E-state index in [-0.39, 0.29) is 17.7 Å². The number of piperidine rings is 1. The Labute approximate surface area is 141 Å². The Kier molecular flexibility index (Phi) is 6.58. The van der Waals surface area contributed by atoms with Crippen LogP contribution in [0.3, 0.4) is 0 Å². The summed E-state index contributed by atoms with van der Waals surface area (Å²) in [5.74, 6) is 0.118. The minimum Gasteiger partial charge on any atom is -0.383 e. The molecular formula is C15H24N2O4S2. The number of carbonyl (C=O) groups excluding carboxylic acids is 1. The van der Waals surface area contributed by atoms with E-state index in [1.165, 1.54) is 15.6 Å². The number of thiophene rings is 1. The molecule has 130 valence electrons. The highest BCUT2D eigenvalue weighted by molar-refractivity contribution is 7.91. The maximum atomic E-state index is 12.5. The predicted octanol–water partition coefficient (Wildman–Crippen LogP) is 1.55. The van der Waals surface area contributed by atoms with Crippen LogP contribution in [0, 0.1) is 11.8 Å². The van der Waals surface area contributed by atoms with E-state index < -0.39 is 10.0 Å². The smallest absolute Gasteiger partial charge is 0.252 e. The third-order valence-corrected chi connectivity index (χ3v) is 7.59. The van der Waals surface area contributed by atoms with E-state index in [1.807, 2.05) is 6.92 Å². The van der Waals surface area contributed by atoms with Gasteiger partial charge in [-0.3, -0.25) is 4.79 Å². The summed E-state index contributed by atoms with van der Waals surface area (Å²) in [6, 6.07) is 3.38. The van der Waals surface area contributed by atoms with Crippen molar-refractivity contribution in [2.45, 2.75) is 24.0 Å². The van der Waals surface area contributed by atoms with Gasteiger partial charge < -0.3 is 10.1 Å². The highest BCUT2D eigenvalue weighted by Gasteiger charge is 2.33. The zero-order valence-corrected chi connectivity index (χ0v) is 15.2. The fourth-order valence-corrected chi connectivity index (χ4v) is 5.42. The standard InChI is InChI=1S/C15H24N2O4S2/c1-12(15(18)16-7-10-21-2)13-5-8-17(9-6-13)23(19,20)14-4-3-11-22-14/h3-4,11-13H,5-10H2,1-2H3,(H,16,18)/t12-/m0/s1. The quantitative estimate of drug-likeness (QED) is 0.749. The van der Waals surface area contributed by atoms with Crippen molar-refractivity contribution in [2.24, 2.45) is 11.8 Å². The minimum atomic E-state index is -3.37. The fourth-order valence-electron chi connectivity index (χ4n) is 2.80. The maximum absolute atomic E-state index is 12.5. The highest BCUT2D eigenvalue weighted by atomic mass is 32.2. The van der Waals surface area contributed by atoms with Crippen LogP contribution in [0.1, 0.15) is 19.8 Å². The Morgan fingerprint density at radius 1 is 1.48 bits per heavy atom. The number of amides is 1. The van der Waals surface area contributed by atoms with Crippen LogP contribution >= 0.6 is 11.3 Å². The highest BCUT2D eigenvalue weighted by Crippen LogP contribution is 2.29. The van der Waals surface area contributed by atoms with Crippen LogP contribution in [0.15, 0.2) is 21.7 Å². The SMILES string of the molecule is COCCNC(=O)[C@@H](C)C1CCN(S(=O)(=O)c2cccs2)CC1. The predicted molar refractivity (Wildman–Crippen MR) is 89.9 cm³/mol. The lowest BCUT2D eigenvalue weighted by Crippen LogP contribution is -2.42. The summed E-state index contributed by atoms with van der Waals surface area (Å²) in [6.07, 6.45) is 1.42. The van der Waals surface area contributed by atoms with Gasteiger partial charge in [-0.05, 0) is 30.2 Å². The molecule has 1 saturated heterocycles. The average Bonchev–Trinajstić information content (AvgIpc) is 3.09. The van der Waals surface area contributed by atoms with Gasteiger partial charge in [-0.15, -0.1) is 11.3 Å². The molecule has 0 bridgehead atoms. The van der Waals surface area contributed by atoms with Gasteiger partial charge in [0.15, 0.2) is 0 Å². The van der Waals surface area contributed by atoms with Gasteiger partial charge in [-0.25, -0.2) is 8.42 Å². The van der Waals surface area contributed by atoms with Gasteiger partial charge in [0.05, 0.1) is 6.61 Å². The zero-order valence-electron chi connectivity index (χ0n) is 13.5. The Morgan fingerprint density at radius 2 is 2.17 bits per heavy atom. The third-order valence-electron chi connectivity index (χ3n) is 4.31. The number of methoxy groups -OCH3 is 1. The van der Waals surface area contributed by atoms with Crippen molar-refractivity contribution in [2.75, 3.05) is 33.4 Å². The summed E-state index contributed by atoms with van der Waals surface area (Å²) in [5, 5.41) is 4.62. The molecule has 23 heavy (non-hydrogen) atoms. The first-order valence-electron chi connectivity index (χ1n) is 7.77. The van der Waals surface area contributed by atoms with Crippen molar-refractivity contribution in [3.8, 4) is 0 Å². The molecule has 0 spiro atoms. The van der Waals surface area contributed by atoms with E-state index in [4.69, 9.17) is 4.74 Å². The first-order chi connectivity index (χ1) is 11.0. The summed E-state index contributed by atoms with van der Waals surface area (Å²) < 4.78 is 31.8. The van der Waals surface area contributed by atoms with Gasteiger partial charge in [-0.2, -0.15) is 4.31 Å². The Balaban J connectivity index is 1.87. The van der Waals surface area contributed by atoms with Crippen LogP contribution in [0.5, 0.6) is 0 Å². The van der Waals surface area contributed by atoms with Gasteiger partial charge in [0.2, 0.25) is 5.91 Å². The van der Waals surface area contributed by atoms with E-state index in [2.05, 4.69) is 5.32 Å². The first kappa shape index (κ1) is 18.4. The lowest BCUT2D eigenvalue weighted by molar-refractivity contribution is -0.126. The second-order valence-electron chi connectivity index (χ2n) is 5.75. The van der Waals surface area contributed by atoms with E-state index in [0.29, 0.717) is 43.3 Å². The summed E-state index contributed by atoms with van der Waals surface area (Å²) >= 11 is 1.24. The average molecular weight is 361 g/mol. The molecule has 1 aliphatic heterocycles. The fraction of sp³-hybridized carbons (Fsp3) is 0.667.